The highest BCUT2D eigenvalue weighted by atomic mass is 16.5. The lowest BCUT2D eigenvalue weighted by Crippen LogP contribution is -2.21. The summed E-state index contributed by atoms with van der Waals surface area (Å²) in [6.45, 7) is 10.6. The molecule has 0 aromatic carbocycles. The van der Waals surface area contributed by atoms with Crippen molar-refractivity contribution in [2.24, 2.45) is 0 Å². The van der Waals surface area contributed by atoms with Gasteiger partial charge in [-0.1, -0.05) is 20.3 Å². The first-order valence-electron chi connectivity index (χ1n) is 6.85. The third-order valence-corrected chi connectivity index (χ3v) is 2.22. The number of hydrogen-bond acceptors (Lipinski definition) is 4. The van der Waals surface area contributed by atoms with Crippen LogP contribution in [0.25, 0.3) is 0 Å². The molecule has 17 heavy (non-hydrogen) atoms. The maximum absolute atomic E-state index is 5.41. The molecule has 0 aliphatic heterocycles. The second-order valence-corrected chi connectivity index (χ2v) is 3.94. The van der Waals surface area contributed by atoms with Crippen LogP contribution in [0, 0.1) is 0 Å². The van der Waals surface area contributed by atoms with Gasteiger partial charge in [0.05, 0.1) is 33.0 Å². The Morgan fingerprint density at radius 2 is 1.24 bits per heavy atom. The van der Waals surface area contributed by atoms with E-state index in [1.807, 2.05) is 0 Å². The van der Waals surface area contributed by atoms with E-state index in [4.69, 9.17) is 14.2 Å². The quantitative estimate of drug-likeness (QED) is 0.475. The summed E-state index contributed by atoms with van der Waals surface area (Å²) >= 11 is 0. The summed E-state index contributed by atoms with van der Waals surface area (Å²) in [5.74, 6) is 0. The molecule has 0 aliphatic carbocycles. The van der Waals surface area contributed by atoms with Gasteiger partial charge in [0.1, 0.15) is 0 Å². The van der Waals surface area contributed by atoms with Gasteiger partial charge in [-0.25, -0.2) is 0 Å². The van der Waals surface area contributed by atoms with Crippen LogP contribution in [0.1, 0.15) is 33.1 Å². The minimum absolute atomic E-state index is 0.657. The molecule has 0 aliphatic rings. The van der Waals surface area contributed by atoms with Crippen molar-refractivity contribution >= 4 is 0 Å². The van der Waals surface area contributed by atoms with Crippen LogP contribution < -0.4 is 5.32 Å². The Bertz CT molecular complexity index is 120. The van der Waals surface area contributed by atoms with Crippen LogP contribution >= 0.6 is 0 Å². The van der Waals surface area contributed by atoms with Gasteiger partial charge < -0.3 is 19.5 Å². The Morgan fingerprint density at radius 1 is 0.647 bits per heavy atom. The van der Waals surface area contributed by atoms with Crippen molar-refractivity contribution in [3.63, 3.8) is 0 Å². The summed E-state index contributed by atoms with van der Waals surface area (Å²) in [6.07, 6.45) is 3.54. The fraction of sp³-hybridized carbons (Fsp3) is 1.00. The SMILES string of the molecule is CCCCNCCOCCOCCOCCC. The van der Waals surface area contributed by atoms with Crippen LogP contribution in [-0.2, 0) is 14.2 Å². The Morgan fingerprint density at radius 3 is 1.82 bits per heavy atom. The number of nitrogens with one attached hydrogen (secondary N) is 1. The molecule has 0 saturated heterocycles. The lowest BCUT2D eigenvalue weighted by molar-refractivity contribution is 0.0153. The normalized spacial score (nSPS) is 10.9. The Kier molecular flexibility index (Phi) is 15.7. The zero-order chi connectivity index (χ0) is 12.6. The van der Waals surface area contributed by atoms with Crippen molar-refractivity contribution in [2.45, 2.75) is 33.1 Å². The Labute approximate surface area is 106 Å². The second-order valence-electron chi connectivity index (χ2n) is 3.94. The molecular weight excluding hydrogens is 218 g/mol. The van der Waals surface area contributed by atoms with Gasteiger partial charge in [0.25, 0.3) is 0 Å². The highest BCUT2D eigenvalue weighted by Crippen LogP contribution is 1.84. The number of hydrogen-bond donors (Lipinski definition) is 1. The molecule has 0 unspecified atom stereocenters. The summed E-state index contributed by atoms with van der Waals surface area (Å²) < 4.78 is 16.1. The van der Waals surface area contributed by atoms with E-state index < -0.39 is 0 Å². The number of unbranched alkanes of at least 4 members (excludes halogenated alkanes) is 1. The van der Waals surface area contributed by atoms with E-state index in [0.29, 0.717) is 26.4 Å². The maximum atomic E-state index is 5.41. The summed E-state index contributed by atoms with van der Waals surface area (Å²) in [5.41, 5.74) is 0. The molecule has 0 fully saturated rings. The van der Waals surface area contributed by atoms with Gasteiger partial charge in [0.15, 0.2) is 0 Å². The first-order valence-corrected chi connectivity index (χ1v) is 6.85. The third kappa shape index (κ3) is 15.8. The van der Waals surface area contributed by atoms with Crippen molar-refractivity contribution in [1.82, 2.24) is 5.32 Å². The molecule has 0 heterocycles. The molecule has 0 rings (SSSR count). The molecule has 1 N–H and O–H groups in total. The summed E-state index contributed by atoms with van der Waals surface area (Å²) in [7, 11) is 0. The van der Waals surface area contributed by atoms with Gasteiger partial charge in [-0.3, -0.25) is 0 Å². The van der Waals surface area contributed by atoms with Gasteiger partial charge in [-0.15, -0.1) is 0 Å². The highest BCUT2D eigenvalue weighted by Gasteiger charge is 1.91. The van der Waals surface area contributed by atoms with E-state index in [0.717, 1.165) is 32.7 Å². The van der Waals surface area contributed by atoms with Crippen molar-refractivity contribution < 1.29 is 14.2 Å². The minimum Gasteiger partial charge on any atom is -0.379 e. The molecule has 0 saturated carbocycles. The Balaban J connectivity index is 2.85. The first kappa shape index (κ1) is 16.8. The van der Waals surface area contributed by atoms with Crippen LogP contribution in [0.2, 0.25) is 0 Å². The molecule has 0 amide bonds. The summed E-state index contributed by atoms with van der Waals surface area (Å²) in [5, 5.41) is 3.33. The first-order chi connectivity index (χ1) is 8.41. The molecule has 0 aromatic rings. The van der Waals surface area contributed by atoms with Crippen LogP contribution in [0.15, 0.2) is 0 Å². The van der Waals surface area contributed by atoms with Crippen LogP contribution in [-0.4, -0.2) is 52.7 Å². The van der Waals surface area contributed by atoms with Crippen molar-refractivity contribution in [2.75, 3.05) is 52.7 Å². The van der Waals surface area contributed by atoms with Gasteiger partial charge in [-0.2, -0.15) is 0 Å². The maximum Gasteiger partial charge on any atom is 0.0701 e. The minimum atomic E-state index is 0.657. The van der Waals surface area contributed by atoms with Crippen molar-refractivity contribution in [3.05, 3.63) is 0 Å². The molecule has 0 radical (unpaired) electrons. The van der Waals surface area contributed by atoms with Crippen molar-refractivity contribution in [3.8, 4) is 0 Å². The molecule has 0 aromatic heterocycles. The molecule has 4 nitrogen and oxygen atoms in total. The summed E-state index contributed by atoms with van der Waals surface area (Å²) in [6, 6.07) is 0. The number of rotatable bonds is 14. The number of ether oxygens (including phenoxy) is 3. The molecule has 0 spiro atoms. The smallest absolute Gasteiger partial charge is 0.0701 e. The second kappa shape index (κ2) is 15.8. The zero-order valence-corrected chi connectivity index (χ0v) is 11.5. The van der Waals surface area contributed by atoms with E-state index in [2.05, 4.69) is 19.2 Å². The lowest BCUT2D eigenvalue weighted by Gasteiger charge is -2.07. The predicted molar refractivity (Wildman–Crippen MR) is 70.5 cm³/mol. The van der Waals surface area contributed by atoms with E-state index in [1.54, 1.807) is 0 Å². The molecule has 0 bridgehead atoms. The van der Waals surface area contributed by atoms with Crippen LogP contribution in [0.4, 0.5) is 0 Å². The standard InChI is InChI=1S/C13H29NO3/c1-3-5-6-14-7-9-16-11-13-17-12-10-15-8-4-2/h14H,3-13H2,1-2H3. The van der Waals surface area contributed by atoms with E-state index in [1.165, 1.54) is 12.8 Å². The summed E-state index contributed by atoms with van der Waals surface area (Å²) in [4.78, 5) is 0. The zero-order valence-electron chi connectivity index (χ0n) is 11.5. The largest absolute Gasteiger partial charge is 0.379 e. The fourth-order valence-corrected chi connectivity index (χ4v) is 1.26. The van der Waals surface area contributed by atoms with Gasteiger partial charge in [-0.05, 0) is 19.4 Å². The van der Waals surface area contributed by atoms with Gasteiger partial charge in [0, 0.05) is 13.2 Å². The third-order valence-electron chi connectivity index (χ3n) is 2.22. The topological polar surface area (TPSA) is 39.7 Å². The van der Waals surface area contributed by atoms with Crippen LogP contribution in [0.3, 0.4) is 0 Å². The van der Waals surface area contributed by atoms with Crippen molar-refractivity contribution in [1.29, 1.82) is 0 Å². The monoisotopic (exact) mass is 247 g/mol. The molecule has 4 heteroatoms. The average Bonchev–Trinajstić information content (AvgIpc) is 2.35. The van der Waals surface area contributed by atoms with Gasteiger partial charge >= 0.3 is 0 Å². The van der Waals surface area contributed by atoms with E-state index in [9.17, 15) is 0 Å². The lowest BCUT2D eigenvalue weighted by atomic mass is 10.3. The average molecular weight is 247 g/mol. The molecular formula is C13H29NO3. The van der Waals surface area contributed by atoms with E-state index >= 15 is 0 Å². The molecule has 0 atom stereocenters. The van der Waals surface area contributed by atoms with E-state index in [-0.39, 0.29) is 0 Å². The molecule has 104 valence electrons. The highest BCUT2D eigenvalue weighted by molar-refractivity contribution is 4.45. The van der Waals surface area contributed by atoms with Crippen LogP contribution in [0.5, 0.6) is 0 Å². The predicted octanol–water partition coefficient (Wildman–Crippen LogP) is 1.84. The van der Waals surface area contributed by atoms with Gasteiger partial charge in [0.2, 0.25) is 0 Å². The fourth-order valence-electron chi connectivity index (χ4n) is 1.26. The Hall–Kier alpha value is -0.160.